The molecular weight excluding hydrogens is 595 g/mol. The average Bonchev–Trinajstić information content (AvgIpc) is 3.52. The maximum Gasteiger partial charge on any atom is 0.104 e. The van der Waals surface area contributed by atoms with E-state index in [1.807, 2.05) is 0 Å². The second-order valence-electron chi connectivity index (χ2n) is 13.1. The van der Waals surface area contributed by atoms with Gasteiger partial charge in [-0.05, 0) is 97.9 Å². The zero-order valence-electron chi connectivity index (χ0n) is 26.8. The summed E-state index contributed by atoms with van der Waals surface area (Å²) in [5.41, 5.74) is 10.9. The molecule has 0 fully saturated rings. The summed E-state index contributed by atoms with van der Waals surface area (Å²) < 4.78 is 2.40. The van der Waals surface area contributed by atoms with Gasteiger partial charge in [0.1, 0.15) is 6.17 Å². The van der Waals surface area contributed by atoms with Crippen molar-refractivity contribution in [2.45, 2.75) is 12.2 Å². The lowest BCUT2D eigenvalue weighted by atomic mass is 9.91. The van der Waals surface area contributed by atoms with Crippen LogP contribution in [0.15, 0.2) is 176 Å². The first-order chi connectivity index (χ1) is 24.3. The molecule has 0 spiro atoms. The number of fused-ring (bicyclic) bond motifs is 7. The van der Waals surface area contributed by atoms with Crippen molar-refractivity contribution >= 4 is 49.0 Å². The van der Waals surface area contributed by atoms with Gasteiger partial charge in [-0.1, -0.05) is 127 Å². The highest BCUT2D eigenvalue weighted by Crippen LogP contribution is 2.41. The van der Waals surface area contributed by atoms with Crippen molar-refractivity contribution in [3.8, 4) is 16.8 Å². The molecule has 3 heteroatoms. The van der Waals surface area contributed by atoms with Crippen molar-refractivity contribution in [3.05, 3.63) is 193 Å². The van der Waals surface area contributed by atoms with Gasteiger partial charge in [-0.15, -0.1) is 0 Å². The van der Waals surface area contributed by atoms with E-state index in [4.69, 9.17) is 0 Å². The Morgan fingerprint density at radius 2 is 1.18 bits per heavy atom. The van der Waals surface area contributed by atoms with Crippen LogP contribution in [0.25, 0.3) is 60.2 Å². The molecule has 9 aromatic rings. The molecule has 2 heterocycles. The maximum atomic E-state index is 4.02. The first-order valence-electron chi connectivity index (χ1n) is 17.0. The molecule has 8 aromatic carbocycles. The molecule has 1 aliphatic rings. The van der Waals surface area contributed by atoms with Crippen LogP contribution in [0.1, 0.15) is 28.9 Å². The van der Waals surface area contributed by atoms with Gasteiger partial charge in [0, 0.05) is 22.1 Å². The van der Waals surface area contributed by atoms with Crippen LogP contribution >= 0.6 is 0 Å². The van der Waals surface area contributed by atoms with E-state index in [2.05, 4.69) is 191 Å². The van der Waals surface area contributed by atoms with Crippen LogP contribution in [-0.2, 0) is 0 Å². The first-order valence-corrected chi connectivity index (χ1v) is 17.0. The summed E-state index contributed by atoms with van der Waals surface area (Å²) in [6, 6.07) is 64.0. The molecule has 1 aromatic heterocycles. The van der Waals surface area contributed by atoms with Crippen molar-refractivity contribution in [2.75, 3.05) is 5.32 Å². The van der Waals surface area contributed by atoms with Crippen molar-refractivity contribution in [1.29, 1.82) is 0 Å². The number of nitrogens with one attached hydrogen (secondary N) is 2. The highest BCUT2D eigenvalue weighted by atomic mass is 15.2. The largest absolute Gasteiger partial charge is 0.366 e. The third kappa shape index (κ3) is 4.62. The molecule has 232 valence electrons. The number of benzene rings is 8. The minimum atomic E-state index is -0.0845. The lowest BCUT2D eigenvalue weighted by Crippen LogP contribution is -2.37. The third-order valence-corrected chi connectivity index (χ3v) is 10.2. The van der Waals surface area contributed by atoms with Crippen molar-refractivity contribution in [3.63, 3.8) is 0 Å². The number of anilines is 1. The fraction of sp³-hybridized carbons (Fsp3) is 0.0435. The summed E-state index contributed by atoms with van der Waals surface area (Å²) in [6.45, 7) is 0. The van der Waals surface area contributed by atoms with Gasteiger partial charge in [-0.2, -0.15) is 0 Å². The van der Waals surface area contributed by atoms with E-state index in [1.165, 1.54) is 76.9 Å². The molecule has 1 aliphatic heterocycles. The molecule has 0 radical (unpaired) electrons. The van der Waals surface area contributed by atoms with E-state index < -0.39 is 0 Å². The van der Waals surface area contributed by atoms with E-state index in [0.29, 0.717) is 0 Å². The summed E-state index contributed by atoms with van der Waals surface area (Å²) in [7, 11) is 0. The fourth-order valence-corrected chi connectivity index (χ4v) is 7.90. The molecule has 0 amide bonds. The number of hydrogen-bond acceptors (Lipinski definition) is 2. The van der Waals surface area contributed by atoms with E-state index >= 15 is 0 Å². The number of para-hydroxylation sites is 2. The van der Waals surface area contributed by atoms with Crippen molar-refractivity contribution in [2.24, 2.45) is 0 Å². The third-order valence-electron chi connectivity index (χ3n) is 10.2. The highest BCUT2D eigenvalue weighted by Gasteiger charge is 2.28. The van der Waals surface area contributed by atoms with Crippen LogP contribution in [0.5, 0.6) is 0 Å². The molecule has 49 heavy (non-hydrogen) atoms. The molecule has 10 rings (SSSR count). The number of aromatic nitrogens is 1. The number of hydrogen-bond donors (Lipinski definition) is 2. The summed E-state index contributed by atoms with van der Waals surface area (Å²) in [6.07, 6.45) is -0.0845. The molecule has 0 bridgehead atoms. The summed E-state index contributed by atoms with van der Waals surface area (Å²) >= 11 is 0. The van der Waals surface area contributed by atoms with Gasteiger partial charge in [0.2, 0.25) is 0 Å². The van der Waals surface area contributed by atoms with Gasteiger partial charge in [0.15, 0.2) is 0 Å². The topological polar surface area (TPSA) is 29.0 Å². The Morgan fingerprint density at radius 1 is 0.449 bits per heavy atom. The second-order valence-corrected chi connectivity index (χ2v) is 13.1. The Balaban J connectivity index is 1.10. The molecule has 2 N–H and O–H groups in total. The molecule has 0 aliphatic carbocycles. The molecule has 3 nitrogen and oxygen atoms in total. The standard InChI is InChI=1S/C46H33N3/c1-2-16-37(17-3-1)49-42-25-24-36(29-40(42)44-38-18-7-6-12-31(38)23-26-43(44)49)46-47-41-20-9-8-19-39(41)45(48-46)35-15-10-14-33(28-35)34-22-21-30-11-4-5-13-32(30)27-34/h1-29,45-48H. The van der Waals surface area contributed by atoms with Gasteiger partial charge >= 0.3 is 0 Å². The maximum absolute atomic E-state index is 4.02. The van der Waals surface area contributed by atoms with Crippen molar-refractivity contribution in [1.82, 2.24) is 9.88 Å². The number of rotatable bonds is 4. The van der Waals surface area contributed by atoms with Crippen LogP contribution < -0.4 is 10.6 Å². The van der Waals surface area contributed by atoms with E-state index in [1.54, 1.807) is 0 Å². The minimum absolute atomic E-state index is 0.0186. The van der Waals surface area contributed by atoms with Crippen LogP contribution in [-0.4, -0.2) is 4.57 Å². The minimum Gasteiger partial charge on any atom is -0.366 e. The Kier molecular flexibility index (Phi) is 6.39. The van der Waals surface area contributed by atoms with Gasteiger partial charge in [-0.3, -0.25) is 5.32 Å². The van der Waals surface area contributed by atoms with Gasteiger partial charge in [0.25, 0.3) is 0 Å². The van der Waals surface area contributed by atoms with Gasteiger partial charge < -0.3 is 9.88 Å². The molecule has 0 saturated carbocycles. The second kappa shape index (κ2) is 11.2. The average molecular weight is 628 g/mol. The lowest BCUT2D eigenvalue weighted by molar-refractivity contribution is 0.506. The zero-order chi connectivity index (χ0) is 32.3. The summed E-state index contributed by atoms with van der Waals surface area (Å²) in [5.74, 6) is 0. The monoisotopic (exact) mass is 627 g/mol. The molecule has 2 atom stereocenters. The lowest BCUT2D eigenvalue weighted by Gasteiger charge is -2.35. The fourth-order valence-electron chi connectivity index (χ4n) is 7.90. The van der Waals surface area contributed by atoms with E-state index in [9.17, 15) is 0 Å². The smallest absolute Gasteiger partial charge is 0.104 e. The predicted octanol–water partition coefficient (Wildman–Crippen LogP) is 11.6. The van der Waals surface area contributed by atoms with Crippen LogP contribution in [0.2, 0.25) is 0 Å². The van der Waals surface area contributed by atoms with E-state index in [-0.39, 0.29) is 12.2 Å². The normalized spacial score (nSPS) is 15.8. The molecular formula is C46H33N3. The molecule has 2 unspecified atom stereocenters. The Bertz CT molecular complexity index is 2690. The Labute approximate surface area is 285 Å². The van der Waals surface area contributed by atoms with E-state index in [0.717, 1.165) is 5.69 Å². The van der Waals surface area contributed by atoms with Crippen LogP contribution in [0, 0.1) is 0 Å². The van der Waals surface area contributed by atoms with Crippen LogP contribution in [0.4, 0.5) is 5.69 Å². The number of nitrogens with zero attached hydrogens (tertiary/aromatic N) is 1. The zero-order valence-corrected chi connectivity index (χ0v) is 26.8. The van der Waals surface area contributed by atoms with Crippen LogP contribution in [0.3, 0.4) is 0 Å². The Morgan fingerprint density at radius 3 is 2.10 bits per heavy atom. The van der Waals surface area contributed by atoms with Crippen molar-refractivity contribution < 1.29 is 0 Å². The van der Waals surface area contributed by atoms with Gasteiger partial charge in [0.05, 0.1) is 17.1 Å². The SMILES string of the molecule is c1ccc(-n2c3ccc(C4Nc5ccccc5C(c5cccc(-c6ccc7ccccc7c6)c5)N4)cc3c3c4ccccc4ccc32)cc1. The Hall–Kier alpha value is -6.16. The van der Waals surface area contributed by atoms with Gasteiger partial charge in [-0.25, -0.2) is 0 Å². The quantitative estimate of drug-likeness (QED) is 0.203. The first kappa shape index (κ1) is 27.9. The molecule has 0 saturated heterocycles. The summed E-state index contributed by atoms with van der Waals surface area (Å²) in [4.78, 5) is 0. The predicted molar refractivity (Wildman–Crippen MR) is 205 cm³/mol. The highest BCUT2D eigenvalue weighted by molar-refractivity contribution is 6.21. The summed E-state index contributed by atoms with van der Waals surface area (Å²) in [5, 5.41) is 15.5.